The second-order valence-corrected chi connectivity index (χ2v) is 5.93. The molecule has 0 bridgehead atoms. The average Bonchev–Trinajstić information content (AvgIpc) is 2.70. The molecule has 0 saturated carbocycles. The maximum atomic E-state index is 12.1. The molecule has 0 amide bonds. The first-order chi connectivity index (χ1) is 8.44. The zero-order valence-electron chi connectivity index (χ0n) is 12.2. The van der Waals surface area contributed by atoms with Crippen molar-refractivity contribution in [1.29, 1.82) is 0 Å². The fourth-order valence-corrected chi connectivity index (χ4v) is 2.29. The number of carbonyl (C=O) groups is 1. The van der Waals surface area contributed by atoms with Gasteiger partial charge in [-0.05, 0) is 59.5 Å². The molecule has 1 heterocycles. The van der Waals surface area contributed by atoms with Gasteiger partial charge >= 0.3 is 5.97 Å². The van der Waals surface area contributed by atoms with Crippen molar-refractivity contribution in [2.45, 2.75) is 58.1 Å². The third-order valence-corrected chi connectivity index (χ3v) is 3.09. The van der Waals surface area contributed by atoms with Gasteiger partial charge in [0.05, 0.1) is 0 Å². The number of unbranched alkanes of at least 4 members (excludes halogenated alkanes) is 1. The highest BCUT2D eigenvalue weighted by atomic mass is 16.6. The minimum Gasteiger partial charge on any atom is -0.459 e. The number of carbonyl (C=O) groups excluding carboxylic acids is 1. The summed E-state index contributed by atoms with van der Waals surface area (Å²) < 4.78 is 10.5. The van der Waals surface area contributed by atoms with Crippen LogP contribution in [0.5, 0.6) is 0 Å². The third-order valence-electron chi connectivity index (χ3n) is 3.09. The number of esters is 1. The van der Waals surface area contributed by atoms with Gasteiger partial charge in [-0.3, -0.25) is 9.69 Å². The van der Waals surface area contributed by atoms with Crippen molar-refractivity contribution >= 4 is 5.97 Å². The normalized spacial score (nSPS) is 21.2. The Morgan fingerprint density at radius 3 is 2.67 bits per heavy atom. The molecule has 1 rings (SSSR count). The van der Waals surface area contributed by atoms with Crippen LogP contribution in [0.4, 0.5) is 0 Å². The highest BCUT2D eigenvalue weighted by Gasteiger charge is 2.33. The Labute approximate surface area is 111 Å². The van der Waals surface area contributed by atoms with Crippen molar-refractivity contribution in [2.75, 3.05) is 26.8 Å². The van der Waals surface area contributed by atoms with Crippen LogP contribution in [0.2, 0.25) is 0 Å². The van der Waals surface area contributed by atoms with Gasteiger partial charge in [0.25, 0.3) is 0 Å². The van der Waals surface area contributed by atoms with Crippen molar-refractivity contribution < 1.29 is 14.3 Å². The monoisotopic (exact) mass is 257 g/mol. The van der Waals surface area contributed by atoms with Gasteiger partial charge in [-0.2, -0.15) is 0 Å². The first kappa shape index (κ1) is 15.4. The van der Waals surface area contributed by atoms with Crippen molar-refractivity contribution in [3.05, 3.63) is 0 Å². The predicted octanol–water partition coefficient (Wildman–Crippen LogP) is 2.22. The quantitative estimate of drug-likeness (QED) is 0.540. The van der Waals surface area contributed by atoms with Gasteiger partial charge < -0.3 is 9.47 Å². The molecule has 0 radical (unpaired) electrons. The summed E-state index contributed by atoms with van der Waals surface area (Å²) in [6, 6.07) is -0.0354. The van der Waals surface area contributed by atoms with Crippen molar-refractivity contribution in [3.8, 4) is 0 Å². The molecule has 1 fully saturated rings. The smallest absolute Gasteiger partial charge is 0.323 e. The molecule has 1 atom stereocenters. The van der Waals surface area contributed by atoms with E-state index in [0.29, 0.717) is 0 Å². The molecule has 1 aliphatic rings. The Kier molecular flexibility index (Phi) is 6.09. The van der Waals surface area contributed by atoms with Gasteiger partial charge in [0.15, 0.2) is 0 Å². The highest BCUT2D eigenvalue weighted by Crippen LogP contribution is 2.21. The Hall–Kier alpha value is -0.610. The van der Waals surface area contributed by atoms with Crippen LogP contribution in [0.15, 0.2) is 0 Å². The Morgan fingerprint density at radius 1 is 1.33 bits per heavy atom. The van der Waals surface area contributed by atoms with E-state index in [4.69, 9.17) is 9.47 Å². The molecule has 1 aliphatic heterocycles. The largest absolute Gasteiger partial charge is 0.459 e. The van der Waals surface area contributed by atoms with Crippen molar-refractivity contribution in [1.82, 2.24) is 4.90 Å². The summed E-state index contributed by atoms with van der Waals surface area (Å²) in [7, 11) is 1.72. The number of hydrogen-bond donors (Lipinski definition) is 0. The fraction of sp³-hybridized carbons (Fsp3) is 0.929. The van der Waals surface area contributed by atoms with Gasteiger partial charge in [0.2, 0.25) is 0 Å². The lowest BCUT2D eigenvalue weighted by Crippen LogP contribution is -2.40. The summed E-state index contributed by atoms with van der Waals surface area (Å²) in [6.07, 6.45) is 4.15. The number of methoxy groups -OCH3 is 1. The second kappa shape index (κ2) is 7.10. The van der Waals surface area contributed by atoms with E-state index in [1.807, 2.05) is 20.8 Å². The molecule has 0 spiro atoms. The Balaban J connectivity index is 2.36. The number of rotatable bonds is 6. The molecular weight excluding hydrogens is 230 g/mol. The molecule has 106 valence electrons. The SMILES string of the molecule is COCCCCN1CCC[C@H]1C(=O)OC(C)(C)C. The van der Waals surface area contributed by atoms with Crippen LogP contribution in [0.1, 0.15) is 46.5 Å². The third kappa shape index (κ3) is 5.36. The Bertz CT molecular complexity index is 260. The fourth-order valence-electron chi connectivity index (χ4n) is 2.29. The van der Waals surface area contributed by atoms with Crippen LogP contribution in [-0.2, 0) is 14.3 Å². The van der Waals surface area contributed by atoms with Crippen LogP contribution in [-0.4, -0.2) is 49.3 Å². The Morgan fingerprint density at radius 2 is 2.06 bits per heavy atom. The summed E-state index contributed by atoms with van der Waals surface area (Å²) in [6.45, 7) is 8.53. The molecule has 1 saturated heterocycles. The molecule has 0 aliphatic carbocycles. The number of ether oxygens (including phenoxy) is 2. The molecule has 0 aromatic heterocycles. The number of hydrogen-bond acceptors (Lipinski definition) is 4. The molecule has 0 aromatic rings. The van der Waals surface area contributed by atoms with E-state index >= 15 is 0 Å². The van der Waals surface area contributed by atoms with E-state index in [-0.39, 0.29) is 17.6 Å². The lowest BCUT2D eigenvalue weighted by molar-refractivity contribution is -0.160. The number of likely N-dealkylation sites (tertiary alicyclic amines) is 1. The van der Waals surface area contributed by atoms with E-state index in [1.165, 1.54) is 0 Å². The maximum absolute atomic E-state index is 12.1. The van der Waals surface area contributed by atoms with Crippen LogP contribution in [0, 0.1) is 0 Å². The molecular formula is C14H27NO3. The highest BCUT2D eigenvalue weighted by molar-refractivity contribution is 5.76. The summed E-state index contributed by atoms with van der Waals surface area (Å²) in [4.78, 5) is 14.3. The standard InChI is InChI=1S/C14H27NO3/c1-14(2,3)18-13(16)12-8-7-10-15(12)9-5-6-11-17-4/h12H,5-11H2,1-4H3/t12-/m0/s1. The van der Waals surface area contributed by atoms with E-state index < -0.39 is 0 Å². The summed E-state index contributed by atoms with van der Waals surface area (Å²) in [5.74, 6) is -0.0632. The summed E-state index contributed by atoms with van der Waals surface area (Å²) >= 11 is 0. The second-order valence-electron chi connectivity index (χ2n) is 5.93. The molecule has 4 nitrogen and oxygen atoms in total. The molecule has 4 heteroatoms. The van der Waals surface area contributed by atoms with E-state index in [0.717, 1.165) is 45.4 Å². The van der Waals surface area contributed by atoms with Gasteiger partial charge in [-0.25, -0.2) is 0 Å². The minimum absolute atomic E-state index is 0.0354. The van der Waals surface area contributed by atoms with Crippen LogP contribution < -0.4 is 0 Å². The van der Waals surface area contributed by atoms with Crippen LogP contribution in [0.3, 0.4) is 0 Å². The zero-order valence-corrected chi connectivity index (χ0v) is 12.2. The van der Waals surface area contributed by atoms with Gasteiger partial charge in [0.1, 0.15) is 11.6 Å². The maximum Gasteiger partial charge on any atom is 0.323 e. The molecule has 18 heavy (non-hydrogen) atoms. The first-order valence-electron chi connectivity index (χ1n) is 6.90. The van der Waals surface area contributed by atoms with Crippen molar-refractivity contribution in [3.63, 3.8) is 0 Å². The van der Waals surface area contributed by atoms with Gasteiger partial charge in [-0.15, -0.1) is 0 Å². The number of nitrogens with zero attached hydrogens (tertiary/aromatic N) is 1. The van der Waals surface area contributed by atoms with Gasteiger partial charge in [-0.1, -0.05) is 0 Å². The molecule has 0 unspecified atom stereocenters. The van der Waals surface area contributed by atoms with Crippen LogP contribution >= 0.6 is 0 Å². The van der Waals surface area contributed by atoms with E-state index in [2.05, 4.69) is 4.90 Å². The zero-order chi connectivity index (χ0) is 13.6. The topological polar surface area (TPSA) is 38.8 Å². The minimum atomic E-state index is -0.388. The summed E-state index contributed by atoms with van der Waals surface area (Å²) in [5, 5.41) is 0. The predicted molar refractivity (Wildman–Crippen MR) is 71.6 cm³/mol. The summed E-state index contributed by atoms with van der Waals surface area (Å²) in [5.41, 5.74) is -0.388. The van der Waals surface area contributed by atoms with Crippen molar-refractivity contribution in [2.24, 2.45) is 0 Å². The van der Waals surface area contributed by atoms with Crippen LogP contribution in [0.25, 0.3) is 0 Å². The lowest BCUT2D eigenvalue weighted by Gasteiger charge is -2.27. The average molecular weight is 257 g/mol. The molecule has 0 aromatic carbocycles. The van der Waals surface area contributed by atoms with E-state index in [9.17, 15) is 4.79 Å². The first-order valence-corrected chi connectivity index (χ1v) is 6.90. The van der Waals surface area contributed by atoms with Gasteiger partial charge in [0, 0.05) is 13.7 Å². The lowest BCUT2D eigenvalue weighted by atomic mass is 10.1. The molecule has 0 N–H and O–H groups in total. The van der Waals surface area contributed by atoms with E-state index in [1.54, 1.807) is 7.11 Å².